The first-order valence-electron chi connectivity index (χ1n) is 10.3. The predicted octanol–water partition coefficient (Wildman–Crippen LogP) is 4.30. The van der Waals surface area contributed by atoms with Gasteiger partial charge in [0.15, 0.2) is 11.5 Å². The van der Waals surface area contributed by atoms with Gasteiger partial charge in [-0.05, 0) is 86.7 Å². The Morgan fingerprint density at radius 2 is 1.72 bits per heavy atom. The zero-order valence-corrected chi connectivity index (χ0v) is 17.4. The van der Waals surface area contributed by atoms with Crippen molar-refractivity contribution in [2.75, 3.05) is 40.5 Å². The van der Waals surface area contributed by atoms with Crippen LogP contribution in [0.5, 0.6) is 17.2 Å². The van der Waals surface area contributed by atoms with E-state index in [-0.39, 0.29) is 0 Å². The van der Waals surface area contributed by atoms with Crippen LogP contribution in [0.1, 0.15) is 30.4 Å². The lowest BCUT2D eigenvalue weighted by atomic mass is 9.93. The third kappa shape index (κ3) is 6.13. The summed E-state index contributed by atoms with van der Waals surface area (Å²) in [4.78, 5) is 2.55. The molecule has 0 spiro atoms. The highest BCUT2D eigenvalue weighted by molar-refractivity contribution is 5.43. The van der Waals surface area contributed by atoms with Crippen molar-refractivity contribution < 1.29 is 14.2 Å². The van der Waals surface area contributed by atoms with Crippen molar-refractivity contribution in [1.82, 2.24) is 4.90 Å². The molecule has 1 heterocycles. The molecule has 2 aromatic carbocycles. The van der Waals surface area contributed by atoms with E-state index >= 15 is 0 Å². The van der Waals surface area contributed by atoms with Gasteiger partial charge in [-0.3, -0.25) is 0 Å². The van der Waals surface area contributed by atoms with Crippen LogP contribution in [0.15, 0.2) is 42.5 Å². The van der Waals surface area contributed by atoms with Crippen molar-refractivity contribution in [3.63, 3.8) is 0 Å². The van der Waals surface area contributed by atoms with Crippen molar-refractivity contribution in [2.24, 2.45) is 5.92 Å². The van der Waals surface area contributed by atoms with E-state index in [0.717, 1.165) is 62.2 Å². The average Bonchev–Trinajstić information content (AvgIpc) is 2.78. The Bertz CT molecular complexity index is 806. The molecule has 1 fully saturated rings. The van der Waals surface area contributed by atoms with Crippen LogP contribution >= 0.6 is 0 Å². The maximum absolute atomic E-state index is 8.84. The molecule has 0 atom stereocenters. The van der Waals surface area contributed by atoms with Crippen LogP contribution in [-0.4, -0.2) is 45.4 Å². The van der Waals surface area contributed by atoms with E-state index in [4.69, 9.17) is 19.5 Å². The Labute approximate surface area is 173 Å². The molecular formula is C24H30N2O3. The van der Waals surface area contributed by atoms with Crippen molar-refractivity contribution in [3.8, 4) is 23.3 Å². The van der Waals surface area contributed by atoms with Crippen LogP contribution in [0.3, 0.4) is 0 Å². The lowest BCUT2D eigenvalue weighted by Crippen LogP contribution is -2.35. The monoisotopic (exact) mass is 394 g/mol. The molecule has 2 aromatic rings. The van der Waals surface area contributed by atoms with Gasteiger partial charge in [0.2, 0.25) is 0 Å². The lowest BCUT2D eigenvalue weighted by molar-refractivity contribution is 0.164. The molecule has 0 aromatic heterocycles. The maximum Gasteiger partial charge on any atom is 0.160 e. The van der Waals surface area contributed by atoms with Crippen LogP contribution < -0.4 is 14.2 Å². The first-order chi connectivity index (χ1) is 14.2. The molecule has 0 radical (unpaired) electrons. The lowest BCUT2D eigenvalue weighted by Gasteiger charge is -2.32. The summed E-state index contributed by atoms with van der Waals surface area (Å²) < 4.78 is 16.5. The largest absolute Gasteiger partial charge is 0.494 e. The summed E-state index contributed by atoms with van der Waals surface area (Å²) in [6, 6.07) is 15.6. The first-order valence-corrected chi connectivity index (χ1v) is 10.3. The van der Waals surface area contributed by atoms with Crippen LogP contribution in [0.4, 0.5) is 0 Å². The fraction of sp³-hybridized carbons (Fsp3) is 0.458. The number of benzene rings is 2. The standard InChI is InChI=1S/C24H30N2O3/c1-27-23-8-5-20(17-24(23)28-2)11-15-26-13-9-19(10-14-26)12-16-29-22-6-3-21(18-25)4-7-22/h3-8,17,19H,9-16H2,1-2H3. The summed E-state index contributed by atoms with van der Waals surface area (Å²) >= 11 is 0. The van der Waals surface area contributed by atoms with Crippen molar-refractivity contribution >= 4 is 0 Å². The normalized spacial score (nSPS) is 14.9. The van der Waals surface area contributed by atoms with Gasteiger partial charge in [-0.2, -0.15) is 5.26 Å². The van der Waals surface area contributed by atoms with Gasteiger partial charge in [0.25, 0.3) is 0 Å². The third-order valence-corrected chi connectivity index (χ3v) is 5.65. The smallest absolute Gasteiger partial charge is 0.160 e. The highest BCUT2D eigenvalue weighted by Crippen LogP contribution is 2.28. The molecule has 5 heteroatoms. The molecule has 0 bridgehead atoms. The summed E-state index contributed by atoms with van der Waals surface area (Å²) in [5.41, 5.74) is 1.94. The zero-order chi connectivity index (χ0) is 20.5. The Balaban J connectivity index is 1.35. The number of nitriles is 1. The van der Waals surface area contributed by atoms with Gasteiger partial charge in [0, 0.05) is 6.54 Å². The summed E-state index contributed by atoms with van der Waals surface area (Å²) in [6.45, 7) is 4.11. The summed E-state index contributed by atoms with van der Waals surface area (Å²) in [6.07, 6.45) is 4.56. The fourth-order valence-corrected chi connectivity index (χ4v) is 3.79. The molecule has 29 heavy (non-hydrogen) atoms. The molecule has 1 saturated heterocycles. The predicted molar refractivity (Wildman–Crippen MR) is 114 cm³/mol. The number of likely N-dealkylation sites (tertiary alicyclic amines) is 1. The van der Waals surface area contributed by atoms with E-state index in [1.54, 1.807) is 26.4 Å². The SMILES string of the molecule is COc1ccc(CCN2CCC(CCOc3ccc(C#N)cc3)CC2)cc1OC. The maximum atomic E-state index is 8.84. The second-order valence-corrected chi connectivity index (χ2v) is 7.50. The van der Waals surface area contributed by atoms with Gasteiger partial charge in [-0.1, -0.05) is 6.07 Å². The van der Waals surface area contributed by atoms with Gasteiger partial charge in [-0.15, -0.1) is 0 Å². The van der Waals surface area contributed by atoms with Crippen LogP contribution in [0, 0.1) is 17.2 Å². The number of hydrogen-bond donors (Lipinski definition) is 0. The average molecular weight is 395 g/mol. The Hall–Kier alpha value is -2.71. The molecule has 0 unspecified atom stereocenters. The highest BCUT2D eigenvalue weighted by atomic mass is 16.5. The van der Waals surface area contributed by atoms with Crippen LogP contribution in [0.2, 0.25) is 0 Å². The molecule has 154 valence electrons. The number of rotatable bonds is 9. The second kappa shape index (κ2) is 10.7. The Kier molecular flexibility index (Phi) is 7.77. The molecular weight excluding hydrogens is 364 g/mol. The quantitative estimate of drug-likeness (QED) is 0.635. The molecule has 0 saturated carbocycles. The third-order valence-electron chi connectivity index (χ3n) is 5.65. The summed E-state index contributed by atoms with van der Waals surface area (Å²) in [5, 5.41) is 8.84. The Morgan fingerprint density at radius 1 is 1.00 bits per heavy atom. The van der Waals surface area contributed by atoms with E-state index in [9.17, 15) is 0 Å². The minimum atomic E-state index is 0.665. The van der Waals surface area contributed by atoms with E-state index in [1.807, 2.05) is 18.2 Å². The number of piperidine rings is 1. The summed E-state index contributed by atoms with van der Waals surface area (Å²) in [7, 11) is 3.34. The number of methoxy groups -OCH3 is 2. The van der Waals surface area contributed by atoms with Gasteiger partial charge in [0.1, 0.15) is 5.75 Å². The molecule has 1 aliphatic heterocycles. The zero-order valence-electron chi connectivity index (χ0n) is 17.4. The molecule has 5 nitrogen and oxygen atoms in total. The van der Waals surface area contributed by atoms with Gasteiger partial charge in [0.05, 0.1) is 32.5 Å². The topological polar surface area (TPSA) is 54.7 Å². The minimum Gasteiger partial charge on any atom is -0.494 e. The van der Waals surface area contributed by atoms with E-state index in [0.29, 0.717) is 5.56 Å². The van der Waals surface area contributed by atoms with Crippen molar-refractivity contribution in [1.29, 1.82) is 5.26 Å². The molecule has 0 aliphatic carbocycles. The Morgan fingerprint density at radius 3 is 2.38 bits per heavy atom. The minimum absolute atomic E-state index is 0.665. The second-order valence-electron chi connectivity index (χ2n) is 7.50. The molecule has 0 N–H and O–H groups in total. The van der Waals surface area contributed by atoms with Gasteiger partial charge < -0.3 is 19.1 Å². The van der Waals surface area contributed by atoms with E-state index in [2.05, 4.69) is 23.1 Å². The molecule has 1 aliphatic rings. The van der Waals surface area contributed by atoms with Gasteiger partial charge in [-0.25, -0.2) is 0 Å². The number of ether oxygens (including phenoxy) is 3. The fourth-order valence-electron chi connectivity index (χ4n) is 3.79. The van der Waals surface area contributed by atoms with Crippen molar-refractivity contribution in [3.05, 3.63) is 53.6 Å². The molecule has 3 rings (SSSR count). The van der Waals surface area contributed by atoms with E-state index < -0.39 is 0 Å². The molecule has 0 amide bonds. The number of hydrogen-bond acceptors (Lipinski definition) is 5. The number of nitrogens with zero attached hydrogens (tertiary/aromatic N) is 2. The van der Waals surface area contributed by atoms with Crippen molar-refractivity contribution in [2.45, 2.75) is 25.7 Å². The van der Waals surface area contributed by atoms with Crippen LogP contribution in [-0.2, 0) is 6.42 Å². The highest BCUT2D eigenvalue weighted by Gasteiger charge is 2.19. The summed E-state index contributed by atoms with van der Waals surface area (Å²) in [5.74, 6) is 3.15. The first kappa shape index (κ1) is 21.0. The van der Waals surface area contributed by atoms with Crippen LogP contribution in [0.25, 0.3) is 0 Å². The van der Waals surface area contributed by atoms with E-state index in [1.165, 1.54) is 18.4 Å². The van der Waals surface area contributed by atoms with Gasteiger partial charge >= 0.3 is 0 Å².